The van der Waals surface area contributed by atoms with E-state index in [-0.39, 0.29) is 36.8 Å². The van der Waals surface area contributed by atoms with Gasteiger partial charge in [-0.05, 0) is 24.6 Å². The molecule has 0 radical (unpaired) electrons. The zero-order valence-corrected chi connectivity index (χ0v) is 19.4. The predicted molar refractivity (Wildman–Crippen MR) is 120 cm³/mol. The molecule has 0 aliphatic carbocycles. The van der Waals surface area contributed by atoms with Crippen LogP contribution in [-0.2, 0) is 30.4 Å². The zero-order valence-electron chi connectivity index (χ0n) is 18.6. The molecule has 11 nitrogen and oxygen atoms in total. The minimum Gasteiger partial charge on any atom is -0.456 e. The van der Waals surface area contributed by atoms with Crippen LogP contribution in [0.2, 0.25) is 0 Å². The van der Waals surface area contributed by atoms with E-state index >= 15 is 0 Å². The minimum atomic E-state index is -0.791. The number of non-ortho nitro benzene ring substituents is 1. The van der Waals surface area contributed by atoms with Gasteiger partial charge >= 0.3 is 12.1 Å². The molecule has 180 valence electrons. The van der Waals surface area contributed by atoms with Crippen molar-refractivity contribution in [3.63, 3.8) is 0 Å². The summed E-state index contributed by atoms with van der Waals surface area (Å²) in [6.45, 7) is 7.57. The highest BCUT2D eigenvalue weighted by molar-refractivity contribution is 8.06. The van der Waals surface area contributed by atoms with Crippen LogP contribution in [0.15, 0.2) is 46.5 Å². The average Bonchev–Trinajstić information content (AvgIpc) is 3.22. The molecule has 1 N–H and O–H groups in total. The highest BCUT2D eigenvalue weighted by atomic mass is 32.2. The lowest BCUT2D eigenvalue weighted by molar-refractivity contribution is -0.384. The van der Waals surface area contributed by atoms with Gasteiger partial charge in [-0.3, -0.25) is 14.9 Å². The van der Waals surface area contributed by atoms with Crippen LogP contribution in [0, 0.1) is 16.0 Å². The van der Waals surface area contributed by atoms with Gasteiger partial charge in [0.25, 0.3) is 5.69 Å². The number of cyclic esters (lactones) is 2. The van der Waals surface area contributed by atoms with Gasteiger partial charge in [0.1, 0.15) is 18.9 Å². The largest absolute Gasteiger partial charge is 0.509 e. The third-order valence-corrected chi connectivity index (χ3v) is 7.01. The van der Waals surface area contributed by atoms with Crippen molar-refractivity contribution in [1.29, 1.82) is 0 Å². The predicted octanol–water partition coefficient (Wildman–Crippen LogP) is 2.82. The smallest absolute Gasteiger partial charge is 0.456 e. The van der Waals surface area contributed by atoms with Gasteiger partial charge in [0.05, 0.1) is 9.95 Å². The zero-order chi connectivity index (χ0) is 24.6. The molecule has 2 fully saturated rings. The maximum absolute atomic E-state index is 13.1. The van der Waals surface area contributed by atoms with Crippen LogP contribution in [0.3, 0.4) is 0 Å². The quantitative estimate of drug-likeness (QED) is 0.330. The van der Waals surface area contributed by atoms with E-state index in [9.17, 15) is 24.5 Å². The third-order valence-electron chi connectivity index (χ3n) is 6.05. The molecule has 0 aromatic heterocycles. The van der Waals surface area contributed by atoms with E-state index in [0.717, 1.165) is 0 Å². The molecule has 34 heavy (non-hydrogen) atoms. The van der Waals surface area contributed by atoms with Gasteiger partial charge in [-0.1, -0.05) is 18.3 Å². The van der Waals surface area contributed by atoms with Crippen molar-refractivity contribution in [3.8, 4) is 0 Å². The normalized spacial score (nSPS) is 25.1. The Hall–Kier alpha value is -3.54. The summed E-state index contributed by atoms with van der Waals surface area (Å²) in [5.41, 5.74) is 0.132. The molecule has 3 unspecified atom stereocenters. The van der Waals surface area contributed by atoms with Gasteiger partial charge in [0.15, 0.2) is 5.60 Å². The maximum atomic E-state index is 13.1. The van der Waals surface area contributed by atoms with Crippen LogP contribution >= 0.6 is 11.8 Å². The fourth-order valence-corrected chi connectivity index (χ4v) is 5.41. The summed E-state index contributed by atoms with van der Waals surface area (Å²) in [4.78, 5) is 48.9. The van der Waals surface area contributed by atoms with Gasteiger partial charge in [-0.15, -0.1) is 0 Å². The second-order valence-electron chi connectivity index (χ2n) is 8.46. The van der Waals surface area contributed by atoms with Gasteiger partial charge in [-0.2, -0.15) is 0 Å². The van der Waals surface area contributed by atoms with Crippen LogP contribution in [0.4, 0.5) is 10.5 Å². The number of esters is 1. The Kier molecular flexibility index (Phi) is 6.26. The SMILES string of the molecule is C=C(NC(C)=O)SC1=C(C(=O)OCc2ccc([N+](=O)[O-])cc2)N2CC(C3(C)COC(=O)O3)C2C1. The topological polar surface area (TPSA) is 137 Å². The number of nitrogens with zero attached hydrogens (tertiary/aromatic N) is 2. The summed E-state index contributed by atoms with van der Waals surface area (Å²) in [5.74, 6) is -0.882. The Morgan fingerprint density at radius 2 is 2.09 bits per heavy atom. The molecule has 1 aromatic rings. The molecule has 0 bridgehead atoms. The summed E-state index contributed by atoms with van der Waals surface area (Å²) >= 11 is 1.19. The van der Waals surface area contributed by atoms with E-state index in [1.54, 1.807) is 0 Å². The fourth-order valence-electron chi connectivity index (χ4n) is 4.36. The lowest BCUT2D eigenvalue weighted by atomic mass is 9.76. The minimum absolute atomic E-state index is 0.0523. The number of benzene rings is 1. The first-order valence-electron chi connectivity index (χ1n) is 10.5. The number of amides is 1. The number of nitro groups is 1. The maximum Gasteiger partial charge on any atom is 0.509 e. The van der Waals surface area contributed by atoms with Gasteiger partial charge in [0.2, 0.25) is 5.91 Å². The molecule has 4 rings (SSSR count). The summed E-state index contributed by atoms with van der Waals surface area (Å²) in [6.07, 6.45) is -0.216. The number of hydrogen-bond donors (Lipinski definition) is 1. The van der Waals surface area contributed by atoms with E-state index in [0.29, 0.717) is 34.2 Å². The third kappa shape index (κ3) is 4.58. The molecule has 1 aromatic carbocycles. The Bertz CT molecular complexity index is 1100. The van der Waals surface area contributed by atoms with Crippen LogP contribution in [0.1, 0.15) is 25.8 Å². The Labute approximate surface area is 199 Å². The Morgan fingerprint density at radius 1 is 1.38 bits per heavy atom. The van der Waals surface area contributed by atoms with Crippen molar-refractivity contribution in [2.24, 2.45) is 5.92 Å². The Balaban J connectivity index is 1.48. The first-order valence-corrected chi connectivity index (χ1v) is 11.3. The van der Waals surface area contributed by atoms with Crippen molar-refractivity contribution in [2.75, 3.05) is 13.2 Å². The van der Waals surface area contributed by atoms with Gasteiger partial charge < -0.3 is 24.4 Å². The van der Waals surface area contributed by atoms with Crippen molar-refractivity contribution in [3.05, 3.63) is 62.2 Å². The van der Waals surface area contributed by atoms with Gasteiger partial charge in [-0.25, -0.2) is 9.59 Å². The van der Waals surface area contributed by atoms with Gasteiger partial charge in [0, 0.05) is 48.9 Å². The summed E-state index contributed by atoms with van der Waals surface area (Å²) < 4.78 is 15.9. The average molecular weight is 490 g/mol. The molecule has 2 saturated heterocycles. The number of nitrogens with one attached hydrogen (secondary N) is 1. The van der Waals surface area contributed by atoms with Crippen LogP contribution in [0.25, 0.3) is 0 Å². The number of fused-ring (bicyclic) bond motifs is 1. The van der Waals surface area contributed by atoms with E-state index < -0.39 is 22.6 Å². The number of carbonyl (C=O) groups is 3. The van der Waals surface area contributed by atoms with E-state index in [2.05, 4.69) is 11.9 Å². The number of nitro benzene ring substituents is 1. The van der Waals surface area contributed by atoms with Crippen LogP contribution in [-0.4, -0.2) is 52.6 Å². The van der Waals surface area contributed by atoms with E-state index in [4.69, 9.17) is 14.2 Å². The molecule has 1 amide bonds. The molecule has 3 heterocycles. The number of rotatable bonds is 8. The first kappa shape index (κ1) is 23.6. The molecule has 3 aliphatic rings. The monoisotopic (exact) mass is 489 g/mol. The number of hydrogen-bond acceptors (Lipinski definition) is 10. The van der Waals surface area contributed by atoms with Crippen molar-refractivity contribution >= 4 is 35.5 Å². The van der Waals surface area contributed by atoms with Crippen molar-refractivity contribution in [1.82, 2.24) is 10.2 Å². The molecular weight excluding hydrogens is 466 g/mol. The van der Waals surface area contributed by atoms with Crippen LogP contribution in [0.5, 0.6) is 0 Å². The molecular formula is C22H23N3O8S. The fraction of sp³-hybridized carbons (Fsp3) is 0.409. The summed E-state index contributed by atoms with van der Waals surface area (Å²) in [7, 11) is 0. The lowest BCUT2D eigenvalue weighted by Gasteiger charge is -2.50. The van der Waals surface area contributed by atoms with Crippen molar-refractivity contribution < 1.29 is 33.5 Å². The summed E-state index contributed by atoms with van der Waals surface area (Å²) in [5, 5.41) is 13.8. The lowest BCUT2D eigenvalue weighted by Crippen LogP contribution is -2.62. The molecule has 3 aliphatic heterocycles. The van der Waals surface area contributed by atoms with Crippen LogP contribution < -0.4 is 5.32 Å². The highest BCUT2D eigenvalue weighted by Gasteiger charge is 2.59. The highest BCUT2D eigenvalue weighted by Crippen LogP contribution is 2.51. The molecule has 12 heteroatoms. The Morgan fingerprint density at radius 3 is 2.68 bits per heavy atom. The standard InChI is InChI=1S/C22H23N3O8S/c1-12(26)23-13(2)34-18-8-17-16(22(3)11-32-21(28)33-22)9-24(17)19(18)20(27)31-10-14-4-6-15(7-5-14)25(29)30/h4-7,16-17H,2,8-11H2,1,3H3,(H,23,26). The second-order valence-corrected chi connectivity index (χ2v) is 9.65. The molecule has 0 spiro atoms. The molecule has 3 atom stereocenters. The number of carbonyl (C=O) groups excluding carboxylic acids is 3. The van der Waals surface area contributed by atoms with E-state index in [1.165, 1.54) is 43.0 Å². The number of thioether (sulfide) groups is 1. The first-order chi connectivity index (χ1) is 16.1. The second kappa shape index (κ2) is 9.01. The number of ether oxygens (including phenoxy) is 3. The molecule has 0 saturated carbocycles. The summed E-state index contributed by atoms with van der Waals surface area (Å²) in [6, 6.07) is 5.65. The van der Waals surface area contributed by atoms with E-state index in [1.807, 2.05) is 11.8 Å². The van der Waals surface area contributed by atoms with Crippen molar-refractivity contribution in [2.45, 2.75) is 38.5 Å².